The summed E-state index contributed by atoms with van der Waals surface area (Å²) < 4.78 is 26.1. The van der Waals surface area contributed by atoms with Gasteiger partial charge in [0.05, 0.1) is 4.90 Å². The van der Waals surface area contributed by atoms with Crippen molar-refractivity contribution in [1.82, 2.24) is 4.72 Å². The molecule has 3 aromatic rings. The Hall–Kier alpha value is -2.96. The number of hydrogen-bond acceptors (Lipinski definition) is 3. The van der Waals surface area contributed by atoms with E-state index in [1.165, 1.54) is 19.2 Å². The van der Waals surface area contributed by atoms with Crippen LogP contribution in [0, 0.1) is 0 Å². The number of carbonyl (C=O) groups is 1. The summed E-state index contributed by atoms with van der Waals surface area (Å²) in [6.45, 7) is 0. The summed E-state index contributed by atoms with van der Waals surface area (Å²) >= 11 is 0. The van der Waals surface area contributed by atoms with Crippen LogP contribution in [0.2, 0.25) is 0 Å². The van der Waals surface area contributed by atoms with E-state index in [2.05, 4.69) is 10.0 Å². The molecule has 132 valence electrons. The van der Waals surface area contributed by atoms with Gasteiger partial charge in [-0.15, -0.1) is 0 Å². The Labute approximate surface area is 152 Å². The molecule has 0 aliphatic carbocycles. The van der Waals surface area contributed by atoms with Gasteiger partial charge >= 0.3 is 0 Å². The lowest BCUT2D eigenvalue weighted by Crippen LogP contribution is -2.19. The first-order valence-corrected chi connectivity index (χ1v) is 9.49. The van der Waals surface area contributed by atoms with E-state index in [4.69, 9.17) is 0 Å². The number of carbonyl (C=O) groups excluding carboxylic acids is 1. The van der Waals surface area contributed by atoms with Crippen LogP contribution in [0.3, 0.4) is 0 Å². The van der Waals surface area contributed by atoms with E-state index in [1.807, 2.05) is 54.6 Å². The Balaban J connectivity index is 1.92. The molecule has 0 fully saturated rings. The maximum absolute atomic E-state index is 12.6. The summed E-state index contributed by atoms with van der Waals surface area (Å²) in [5.74, 6) is -0.374. The van der Waals surface area contributed by atoms with Crippen LogP contribution in [-0.4, -0.2) is 21.4 Å². The van der Waals surface area contributed by atoms with E-state index in [0.717, 1.165) is 11.1 Å². The molecule has 0 aromatic heterocycles. The summed E-state index contributed by atoms with van der Waals surface area (Å²) in [6, 6.07) is 23.1. The highest BCUT2D eigenvalue weighted by Crippen LogP contribution is 2.28. The molecule has 3 aromatic carbocycles. The molecule has 0 heterocycles. The van der Waals surface area contributed by atoms with Crippen molar-refractivity contribution in [2.75, 3.05) is 12.4 Å². The van der Waals surface area contributed by atoms with E-state index in [-0.39, 0.29) is 16.4 Å². The highest BCUT2D eigenvalue weighted by molar-refractivity contribution is 7.89. The predicted molar refractivity (Wildman–Crippen MR) is 103 cm³/mol. The van der Waals surface area contributed by atoms with Gasteiger partial charge in [0.15, 0.2) is 0 Å². The topological polar surface area (TPSA) is 75.3 Å². The van der Waals surface area contributed by atoms with Crippen LogP contribution in [0.1, 0.15) is 10.4 Å². The van der Waals surface area contributed by atoms with Gasteiger partial charge in [-0.1, -0.05) is 54.6 Å². The lowest BCUT2D eigenvalue weighted by atomic mass is 10.0. The van der Waals surface area contributed by atoms with Gasteiger partial charge in [0.2, 0.25) is 10.0 Å². The van der Waals surface area contributed by atoms with Crippen molar-refractivity contribution >= 4 is 21.6 Å². The van der Waals surface area contributed by atoms with E-state index in [1.54, 1.807) is 12.1 Å². The molecule has 5 nitrogen and oxygen atoms in total. The Bertz CT molecular complexity index is 1030. The van der Waals surface area contributed by atoms with Crippen molar-refractivity contribution in [1.29, 1.82) is 0 Å². The fourth-order valence-electron chi connectivity index (χ4n) is 2.58. The van der Waals surface area contributed by atoms with Crippen LogP contribution < -0.4 is 10.0 Å². The summed E-state index contributed by atoms with van der Waals surface area (Å²) in [5.41, 5.74) is 2.80. The number of rotatable bonds is 5. The normalized spacial score (nSPS) is 11.1. The SMILES string of the molecule is CNS(=O)(=O)c1cccc(C(=O)Nc2ccccc2-c2ccccc2)c1. The number of benzene rings is 3. The van der Waals surface area contributed by atoms with Gasteiger partial charge in [-0.25, -0.2) is 13.1 Å². The second kappa shape index (κ2) is 7.51. The van der Waals surface area contributed by atoms with Crippen molar-refractivity contribution < 1.29 is 13.2 Å². The van der Waals surface area contributed by atoms with Gasteiger partial charge in [-0.3, -0.25) is 4.79 Å². The number of para-hydroxylation sites is 1. The van der Waals surface area contributed by atoms with Gasteiger partial charge in [0, 0.05) is 16.8 Å². The van der Waals surface area contributed by atoms with Crippen LogP contribution in [0.5, 0.6) is 0 Å². The highest BCUT2D eigenvalue weighted by atomic mass is 32.2. The molecular weight excluding hydrogens is 348 g/mol. The standard InChI is InChI=1S/C20H18N2O3S/c1-21-26(24,25)17-11-7-10-16(14-17)20(23)22-19-13-6-5-12-18(19)15-8-3-2-4-9-15/h2-14,21H,1H3,(H,22,23). The van der Waals surface area contributed by atoms with Gasteiger partial charge in [-0.05, 0) is 36.9 Å². The van der Waals surface area contributed by atoms with Crippen molar-refractivity contribution in [2.45, 2.75) is 4.90 Å². The number of hydrogen-bond donors (Lipinski definition) is 2. The van der Waals surface area contributed by atoms with Crippen LogP contribution in [0.15, 0.2) is 83.8 Å². The fraction of sp³-hybridized carbons (Fsp3) is 0.0500. The molecule has 0 saturated heterocycles. The lowest BCUT2D eigenvalue weighted by molar-refractivity contribution is 0.102. The monoisotopic (exact) mass is 366 g/mol. The quantitative estimate of drug-likeness (QED) is 0.725. The first kappa shape index (κ1) is 17.8. The fourth-order valence-corrected chi connectivity index (χ4v) is 3.35. The molecule has 0 bridgehead atoms. The summed E-state index contributed by atoms with van der Waals surface area (Å²) in [6.07, 6.45) is 0. The third kappa shape index (κ3) is 3.82. The van der Waals surface area contributed by atoms with Gasteiger partial charge < -0.3 is 5.32 Å². The van der Waals surface area contributed by atoms with Gasteiger partial charge in [0.1, 0.15) is 0 Å². The molecular formula is C20H18N2O3S. The van der Waals surface area contributed by atoms with Crippen molar-refractivity contribution in [3.05, 3.63) is 84.4 Å². The molecule has 3 rings (SSSR count). The minimum absolute atomic E-state index is 0.0454. The first-order valence-electron chi connectivity index (χ1n) is 8.01. The van der Waals surface area contributed by atoms with E-state index >= 15 is 0 Å². The molecule has 0 aliphatic heterocycles. The minimum atomic E-state index is -3.61. The highest BCUT2D eigenvalue weighted by Gasteiger charge is 2.15. The zero-order valence-electron chi connectivity index (χ0n) is 14.1. The van der Waals surface area contributed by atoms with Crippen LogP contribution in [0.25, 0.3) is 11.1 Å². The Morgan fingerprint density at radius 1 is 0.846 bits per heavy atom. The molecule has 0 aliphatic rings. The molecule has 1 amide bonds. The summed E-state index contributed by atoms with van der Waals surface area (Å²) in [5, 5.41) is 2.87. The largest absolute Gasteiger partial charge is 0.321 e. The molecule has 0 saturated carbocycles. The minimum Gasteiger partial charge on any atom is -0.321 e. The van der Waals surface area contributed by atoms with Crippen molar-refractivity contribution in [3.63, 3.8) is 0 Å². The molecule has 0 unspecified atom stereocenters. The first-order chi connectivity index (χ1) is 12.5. The zero-order valence-corrected chi connectivity index (χ0v) is 15.0. The Morgan fingerprint density at radius 2 is 1.54 bits per heavy atom. The van der Waals surface area contributed by atoms with E-state index in [0.29, 0.717) is 5.69 Å². The molecule has 6 heteroatoms. The molecule has 0 atom stereocenters. The number of amides is 1. The van der Waals surface area contributed by atoms with E-state index in [9.17, 15) is 13.2 Å². The van der Waals surface area contributed by atoms with Crippen molar-refractivity contribution in [3.8, 4) is 11.1 Å². The maximum atomic E-state index is 12.6. The second-order valence-corrected chi connectivity index (χ2v) is 7.49. The number of anilines is 1. The molecule has 0 radical (unpaired) electrons. The maximum Gasteiger partial charge on any atom is 0.255 e. The van der Waals surface area contributed by atoms with E-state index < -0.39 is 10.0 Å². The Morgan fingerprint density at radius 3 is 2.27 bits per heavy atom. The molecule has 26 heavy (non-hydrogen) atoms. The average molecular weight is 366 g/mol. The van der Waals surface area contributed by atoms with Crippen LogP contribution >= 0.6 is 0 Å². The molecule has 2 N–H and O–H groups in total. The summed E-state index contributed by atoms with van der Waals surface area (Å²) in [7, 11) is -2.28. The third-order valence-electron chi connectivity index (χ3n) is 3.94. The van der Waals surface area contributed by atoms with Crippen LogP contribution in [-0.2, 0) is 10.0 Å². The predicted octanol–water partition coefficient (Wildman–Crippen LogP) is 3.51. The third-order valence-corrected chi connectivity index (χ3v) is 5.35. The molecule has 0 spiro atoms. The summed E-state index contributed by atoms with van der Waals surface area (Å²) in [4.78, 5) is 12.7. The number of sulfonamides is 1. The van der Waals surface area contributed by atoms with Crippen LogP contribution in [0.4, 0.5) is 5.69 Å². The average Bonchev–Trinajstić information content (AvgIpc) is 2.69. The van der Waals surface area contributed by atoms with Gasteiger partial charge in [-0.2, -0.15) is 0 Å². The zero-order chi connectivity index (χ0) is 18.6. The second-order valence-electron chi connectivity index (χ2n) is 5.60. The lowest BCUT2D eigenvalue weighted by Gasteiger charge is -2.12. The number of nitrogens with one attached hydrogen (secondary N) is 2. The van der Waals surface area contributed by atoms with Crippen molar-refractivity contribution in [2.24, 2.45) is 0 Å². The van der Waals surface area contributed by atoms with Gasteiger partial charge in [0.25, 0.3) is 5.91 Å². The smallest absolute Gasteiger partial charge is 0.255 e. The Kier molecular flexibility index (Phi) is 5.16.